The van der Waals surface area contributed by atoms with E-state index in [2.05, 4.69) is 9.72 Å². The SMILES string of the molecule is CCOC(=O)c1cc(C#N)c(N2CCC(CC(=O)NS(=O)(=O)CCc3ccccc3)C2)nc1C(F)(F)F. The van der Waals surface area contributed by atoms with Gasteiger partial charge in [-0.15, -0.1) is 0 Å². The van der Waals surface area contributed by atoms with E-state index < -0.39 is 39.3 Å². The van der Waals surface area contributed by atoms with Crippen LogP contribution in [0.1, 0.15) is 46.9 Å². The molecule has 1 saturated heterocycles. The number of aromatic nitrogens is 1. The highest BCUT2D eigenvalue weighted by molar-refractivity contribution is 7.90. The van der Waals surface area contributed by atoms with Crippen LogP contribution in [0.15, 0.2) is 36.4 Å². The van der Waals surface area contributed by atoms with Gasteiger partial charge in [0.05, 0.1) is 23.5 Å². The first-order valence-electron chi connectivity index (χ1n) is 11.4. The number of rotatable bonds is 9. The number of nitrogens with one attached hydrogen (secondary N) is 1. The van der Waals surface area contributed by atoms with Crippen LogP contribution in [-0.2, 0) is 32.2 Å². The Labute approximate surface area is 212 Å². The number of halogens is 3. The third kappa shape index (κ3) is 7.42. The Morgan fingerprint density at radius 2 is 1.97 bits per heavy atom. The van der Waals surface area contributed by atoms with Gasteiger partial charge in [0.1, 0.15) is 11.9 Å². The number of pyridine rings is 1. The van der Waals surface area contributed by atoms with Gasteiger partial charge in [0, 0.05) is 19.5 Å². The summed E-state index contributed by atoms with van der Waals surface area (Å²) in [5.41, 5.74) is -1.76. The van der Waals surface area contributed by atoms with E-state index in [0.29, 0.717) is 6.42 Å². The summed E-state index contributed by atoms with van der Waals surface area (Å²) in [5, 5.41) is 9.50. The number of alkyl halides is 3. The summed E-state index contributed by atoms with van der Waals surface area (Å²) < 4.78 is 72.2. The normalized spacial score (nSPS) is 15.8. The van der Waals surface area contributed by atoms with Crippen molar-refractivity contribution in [3.63, 3.8) is 0 Å². The zero-order valence-corrected chi connectivity index (χ0v) is 20.7. The number of nitrogens with zero attached hydrogens (tertiary/aromatic N) is 3. The van der Waals surface area contributed by atoms with E-state index in [0.717, 1.165) is 11.6 Å². The Morgan fingerprint density at radius 3 is 2.59 bits per heavy atom. The van der Waals surface area contributed by atoms with Crippen LogP contribution in [0.4, 0.5) is 19.0 Å². The maximum Gasteiger partial charge on any atom is 0.434 e. The molecule has 0 aliphatic carbocycles. The van der Waals surface area contributed by atoms with Crippen molar-refractivity contribution in [2.45, 2.75) is 32.4 Å². The third-order valence-corrected chi connectivity index (χ3v) is 7.00. The van der Waals surface area contributed by atoms with Gasteiger partial charge in [-0.3, -0.25) is 9.52 Å². The van der Waals surface area contributed by atoms with Crippen LogP contribution < -0.4 is 9.62 Å². The van der Waals surface area contributed by atoms with Crippen molar-refractivity contribution in [3.8, 4) is 6.07 Å². The van der Waals surface area contributed by atoms with Gasteiger partial charge in [-0.1, -0.05) is 30.3 Å². The minimum absolute atomic E-state index is 0.0786. The number of benzene rings is 1. The monoisotopic (exact) mass is 538 g/mol. The molecular formula is C24H25F3N4O5S. The van der Waals surface area contributed by atoms with Crippen molar-refractivity contribution in [3.05, 3.63) is 58.8 Å². The highest BCUT2D eigenvalue weighted by Gasteiger charge is 2.40. The van der Waals surface area contributed by atoms with Gasteiger partial charge in [-0.05, 0) is 37.3 Å². The number of hydrogen-bond acceptors (Lipinski definition) is 8. The molecule has 1 unspecified atom stereocenters. The zero-order chi connectivity index (χ0) is 27.2. The largest absolute Gasteiger partial charge is 0.462 e. The van der Waals surface area contributed by atoms with Crippen LogP contribution in [0.2, 0.25) is 0 Å². The molecule has 1 aliphatic heterocycles. The molecule has 1 N–H and O–H groups in total. The summed E-state index contributed by atoms with van der Waals surface area (Å²) in [5.74, 6) is -2.88. The Bertz CT molecular complexity index is 1290. The van der Waals surface area contributed by atoms with E-state index >= 15 is 0 Å². The summed E-state index contributed by atoms with van der Waals surface area (Å²) >= 11 is 0. The van der Waals surface area contributed by atoms with E-state index in [-0.39, 0.29) is 55.6 Å². The van der Waals surface area contributed by atoms with Crippen LogP contribution in [-0.4, -0.2) is 50.7 Å². The average Bonchev–Trinajstić information content (AvgIpc) is 3.29. The molecular weight excluding hydrogens is 513 g/mol. The summed E-state index contributed by atoms with van der Waals surface area (Å²) in [4.78, 5) is 29.5. The molecule has 1 aliphatic rings. The first kappa shape index (κ1) is 27.9. The van der Waals surface area contributed by atoms with Gasteiger partial charge >= 0.3 is 12.1 Å². The first-order valence-corrected chi connectivity index (χ1v) is 13.1. The lowest BCUT2D eigenvalue weighted by atomic mass is 10.1. The number of carbonyl (C=O) groups is 2. The summed E-state index contributed by atoms with van der Waals surface area (Å²) in [7, 11) is -3.87. The van der Waals surface area contributed by atoms with Crippen molar-refractivity contribution >= 4 is 27.7 Å². The quantitative estimate of drug-likeness (QED) is 0.483. The molecule has 0 saturated carbocycles. The Balaban J connectivity index is 1.69. The molecule has 37 heavy (non-hydrogen) atoms. The number of hydrogen-bond donors (Lipinski definition) is 1. The summed E-state index contributed by atoms with van der Waals surface area (Å²) in [6.07, 6.45) is -4.55. The van der Waals surface area contributed by atoms with Gasteiger partial charge in [0.2, 0.25) is 15.9 Å². The molecule has 198 valence electrons. The molecule has 2 heterocycles. The van der Waals surface area contributed by atoms with Crippen LogP contribution in [0.5, 0.6) is 0 Å². The molecule has 1 atom stereocenters. The highest BCUT2D eigenvalue weighted by atomic mass is 32.2. The van der Waals surface area contributed by atoms with Crippen molar-refractivity contribution in [1.29, 1.82) is 5.26 Å². The number of carbonyl (C=O) groups excluding carboxylic acids is 2. The van der Waals surface area contributed by atoms with E-state index in [1.54, 1.807) is 36.4 Å². The first-order chi connectivity index (χ1) is 17.4. The fourth-order valence-electron chi connectivity index (χ4n) is 4.02. The lowest BCUT2D eigenvalue weighted by Gasteiger charge is -2.21. The number of sulfonamides is 1. The standard InChI is InChI=1S/C24H25F3N4O5S/c1-2-36-23(33)19-13-18(14-28)22(29-21(19)24(25,26)27)31-10-8-17(15-31)12-20(32)30-37(34,35)11-9-16-6-4-3-5-7-16/h3-7,13,17H,2,8-12,15H2,1H3,(H,30,32). The minimum Gasteiger partial charge on any atom is -0.462 e. The van der Waals surface area contributed by atoms with Gasteiger partial charge in [-0.25, -0.2) is 18.2 Å². The van der Waals surface area contributed by atoms with E-state index in [1.807, 2.05) is 4.72 Å². The van der Waals surface area contributed by atoms with Gasteiger partial charge in [-0.2, -0.15) is 18.4 Å². The third-order valence-electron chi connectivity index (χ3n) is 5.72. The lowest BCUT2D eigenvalue weighted by Crippen LogP contribution is -2.34. The fraction of sp³-hybridized carbons (Fsp3) is 0.417. The number of anilines is 1. The second-order valence-corrected chi connectivity index (χ2v) is 10.3. The Kier molecular flexibility index (Phi) is 8.75. The van der Waals surface area contributed by atoms with Crippen LogP contribution in [0.3, 0.4) is 0 Å². The fourth-order valence-corrected chi connectivity index (χ4v) is 5.06. The predicted molar refractivity (Wildman–Crippen MR) is 127 cm³/mol. The Hall–Kier alpha value is -3.66. The van der Waals surface area contributed by atoms with E-state index in [1.165, 1.54) is 11.8 Å². The van der Waals surface area contributed by atoms with E-state index in [4.69, 9.17) is 0 Å². The molecule has 3 rings (SSSR count). The number of ether oxygens (including phenoxy) is 1. The molecule has 0 bridgehead atoms. The summed E-state index contributed by atoms with van der Waals surface area (Å²) in [6, 6.07) is 11.5. The number of aryl methyl sites for hydroxylation is 1. The van der Waals surface area contributed by atoms with Crippen molar-refractivity contribution in [2.24, 2.45) is 5.92 Å². The number of amides is 1. The molecule has 9 nitrogen and oxygen atoms in total. The molecule has 1 amide bonds. The molecule has 1 fully saturated rings. The van der Waals surface area contributed by atoms with Crippen molar-refractivity contribution < 1.29 is 35.9 Å². The average molecular weight is 539 g/mol. The van der Waals surface area contributed by atoms with Crippen LogP contribution in [0, 0.1) is 17.2 Å². The maximum atomic E-state index is 13.6. The van der Waals surface area contributed by atoms with Crippen LogP contribution >= 0.6 is 0 Å². The second-order valence-electron chi connectivity index (χ2n) is 8.47. The van der Waals surface area contributed by atoms with Gasteiger partial charge in [0.15, 0.2) is 5.69 Å². The van der Waals surface area contributed by atoms with E-state index in [9.17, 15) is 36.4 Å². The summed E-state index contributed by atoms with van der Waals surface area (Å²) in [6.45, 7) is 1.55. The molecule has 1 aromatic heterocycles. The number of esters is 1. The minimum atomic E-state index is -4.97. The molecule has 0 spiro atoms. The molecule has 2 aromatic rings. The van der Waals surface area contributed by atoms with Crippen molar-refractivity contribution in [1.82, 2.24) is 9.71 Å². The topological polar surface area (TPSA) is 129 Å². The number of nitriles is 1. The maximum absolute atomic E-state index is 13.6. The van der Waals surface area contributed by atoms with Crippen LogP contribution in [0.25, 0.3) is 0 Å². The van der Waals surface area contributed by atoms with Gasteiger partial charge < -0.3 is 9.64 Å². The zero-order valence-electron chi connectivity index (χ0n) is 19.9. The Morgan fingerprint density at radius 1 is 1.27 bits per heavy atom. The van der Waals surface area contributed by atoms with Gasteiger partial charge in [0.25, 0.3) is 0 Å². The van der Waals surface area contributed by atoms with Crippen molar-refractivity contribution in [2.75, 3.05) is 30.3 Å². The predicted octanol–water partition coefficient (Wildman–Crippen LogP) is 3.05. The molecule has 13 heteroatoms. The molecule has 1 aromatic carbocycles. The highest BCUT2D eigenvalue weighted by Crippen LogP contribution is 2.35. The lowest BCUT2D eigenvalue weighted by molar-refractivity contribution is -0.141. The molecule has 0 radical (unpaired) electrons. The smallest absolute Gasteiger partial charge is 0.434 e. The second kappa shape index (κ2) is 11.6.